The second-order valence-electron chi connectivity index (χ2n) is 5.42. The van der Waals surface area contributed by atoms with Crippen LogP contribution in [0.5, 0.6) is 0 Å². The molecule has 2 nitrogen and oxygen atoms in total. The maximum Gasteiger partial charge on any atom is 0.391 e. The lowest BCUT2D eigenvalue weighted by Gasteiger charge is -2.22. The third-order valence-electron chi connectivity index (χ3n) is 3.69. The van der Waals surface area contributed by atoms with Gasteiger partial charge in [0, 0.05) is 17.3 Å². The van der Waals surface area contributed by atoms with Gasteiger partial charge >= 0.3 is 6.18 Å². The molecule has 1 unspecified atom stereocenters. The molecular weight excluding hydrogens is 320 g/mol. The number of anilines is 1. The molecule has 0 fully saturated rings. The predicted octanol–water partition coefficient (Wildman–Crippen LogP) is 5.48. The largest absolute Gasteiger partial charge is 0.391 e. The van der Waals surface area contributed by atoms with Crippen LogP contribution in [0, 0.1) is 5.82 Å². The molecule has 0 saturated heterocycles. The molecule has 0 aliphatic carbocycles. The molecule has 0 aliphatic rings. The van der Waals surface area contributed by atoms with Crippen LogP contribution < -0.4 is 5.32 Å². The van der Waals surface area contributed by atoms with Crippen molar-refractivity contribution in [2.75, 3.05) is 5.32 Å². The maximum absolute atomic E-state index is 13.8. The van der Waals surface area contributed by atoms with Gasteiger partial charge in [-0.2, -0.15) is 13.2 Å². The molecule has 1 atom stereocenters. The number of aromatic nitrogens is 1. The van der Waals surface area contributed by atoms with E-state index in [9.17, 15) is 17.6 Å². The summed E-state index contributed by atoms with van der Waals surface area (Å²) in [6.45, 7) is 0. The summed E-state index contributed by atoms with van der Waals surface area (Å²) in [7, 11) is 0. The van der Waals surface area contributed by atoms with Gasteiger partial charge in [0.15, 0.2) is 0 Å². The van der Waals surface area contributed by atoms with Gasteiger partial charge < -0.3 is 5.32 Å². The lowest BCUT2D eigenvalue weighted by atomic mass is 10.0. The van der Waals surface area contributed by atoms with E-state index in [0.717, 1.165) is 0 Å². The number of hydrogen-bond donors (Lipinski definition) is 1. The zero-order valence-electron chi connectivity index (χ0n) is 12.5. The average molecular weight is 334 g/mol. The third-order valence-corrected chi connectivity index (χ3v) is 3.69. The molecule has 6 heteroatoms. The second-order valence-corrected chi connectivity index (χ2v) is 5.42. The van der Waals surface area contributed by atoms with Gasteiger partial charge in [-0.3, -0.25) is 4.98 Å². The summed E-state index contributed by atoms with van der Waals surface area (Å²) in [6, 6.07) is 13.4. The van der Waals surface area contributed by atoms with Gasteiger partial charge in [0.25, 0.3) is 0 Å². The first-order valence-electron chi connectivity index (χ1n) is 7.35. The maximum atomic E-state index is 13.8. The molecule has 0 amide bonds. The number of alkyl halides is 3. The average Bonchev–Trinajstić information content (AvgIpc) is 2.55. The number of nitrogens with one attached hydrogen (secondary N) is 1. The summed E-state index contributed by atoms with van der Waals surface area (Å²) in [6.07, 6.45) is -3.98. The number of nitrogens with zero attached hydrogens (tertiary/aromatic N) is 1. The molecule has 1 heterocycles. The minimum Gasteiger partial charge on any atom is -0.377 e. The number of pyridine rings is 1. The molecule has 0 saturated carbocycles. The van der Waals surface area contributed by atoms with Gasteiger partial charge in [0.05, 0.1) is 12.5 Å². The third kappa shape index (κ3) is 3.64. The zero-order chi connectivity index (χ0) is 17.2. The Kier molecular flexibility index (Phi) is 4.38. The Morgan fingerprint density at radius 1 is 0.958 bits per heavy atom. The Morgan fingerprint density at radius 2 is 1.71 bits per heavy atom. The lowest BCUT2D eigenvalue weighted by molar-refractivity contribution is -0.137. The van der Waals surface area contributed by atoms with Crippen molar-refractivity contribution in [2.24, 2.45) is 0 Å². The van der Waals surface area contributed by atoms with Crippen LogP contribution in [0.1, 0.15) is 18.0 Å². The minimum absolute atomic E-state index is 0.126. The highest BCUT2D eigenvalue weighted by molar-refractivity contribution is 5.91. The van der Waals surface area contributed by atoms with Crippen LogP contribution >= 0.6 is 0 Å². The van der Waals surface area contributed by atoms with Crippen molar-refractivity contribution in [3.05, 3.63) is 72.2 Å². The fourth-order valence-electron chi connectivity index (χ4n) is 2.62. The molecule has 3 rings (SSSR count). The van der Waals surface area contributed by atoms with Crippen LogP contribution in [0.25, 0.3) is 10.9 Å². The number of para-hydroxylation sites is 1. The van der Waals surface area contributed by atoms with Gasteiger partial charge in [0.2, 0.25) is 0 Å². The molecule has 1 aromatic heterocycles. The first kappa shape index (κ1) is 16.2. The molecule has 0 aliphatic heterocycles. The molecule has 0 bridgehead atoms. The zero-order valence-corrected chi connectivity index (χ0v) is 12.5. The Balaban J connectivity index is 2.00. The van der Waals surface area contributed by atoms with Crippen molar-refractivity contribution in [1.82, 2.24) is 4.98 Å². The molecule has 0 radical (unpaired) electrons. The van der Waals surface area contributed by atoms with Gasteiger partial charge in [-0.1, -0.05) is 42.5 Å². The number of fused-ring (bicyclic) bond motifs is 1. The SMILES string of the molecule is Fc1cccc2c(NC(CC(F)(F)F)c3ccccc3)ccnc12. The van der Waals surface area contributed by atoms with Gasteiger partial charge in [0.1, 0.15) is 11.3 Å². The molecule has 3 aromatic rings. The van der Waals surface area contributed by atoms with Gasteiger partial charge in [-0.25, -0.2) is 4.39 Å². The Labute approximate surface area is 136 Å². The molecule has 1 N–H and O–H groups in total. The molecular formula is C18H14F4N2. The standard InChI is InChI=1S/C18H14F4N2/c19-14-8-4-7-13-15(9-10-23-17(13)14)24-16(11-18(20,21)22)12-5-2-1-3-6-12/h1-10,16H,11H2,(H,23,24). The van der Waals surface area contributed by atoms with E-state index in [1.807, 2.05) is 0 Å². The monoisotopic (exact) mass is 334 g/mol. The number of hydrogen-bond acceptors (Lipinski definition) is 2. The van der Waals surface area contributed by atoms with E-state index >= 15 is 0 Å². The van der Waals surface area contributed by atoms with Crippen molar-refractivity contribution in [3.8, 4) is 0 Å². The smallest absolute Gasteiger partial charge is 0.377 e. The van der Waals surface area contributed by atoms with Crippen molar-refractivity contribution >= 4 is 16.6 Å². The van der Waals surface area contributed by atoms with E-state index in [-0.39, 0.29) is 5.52 Å². The van der Waals surface area contributed by atoms with Gasteiger partial charge in [-0.05, 0) is 17.7 Å². The Morgan fingerprint density at radius 3 is 2.42 bits per heavy atom. The van der Waals surface area contributed by atoms with E-state index in [4.69, 9.17) is 0 Å². The van der Waals surface area contributed by atoms with E-state index in [0.29, 0.717) is 16.6 Å². The normalized spacial score (nSPS) is 13.0. The van der Waals surface area contributed by atoms with E-state index in [1.54, 1.807) is 42.5 Å². The van der Waals surface area contributed by atoms with Crippen molar-refractivity contribution in [3.63, 3.8) is 0 Å². The number of halogens is 4. The summed E-state index contributed by atoms with van der Waals surface area (Å²) >= 11 is 0. The highest BCUT2D eigenvalue weighted by Crippen LogP contribution is 2.34. The fraction of sp³-hybridized carbons (Fsp3) is 0.167. The number of benzene rings is 2. The fourth-order valence-corrected chi connectivity index (χ4v) is 2.62. The van der Waals surface area contributed by atoms with E-state index in [1.165, 1.54) is 18.3 Å². The predicted molar refractivity (Wildman–Crippen MR) is 85.2 cm³/mol. The van der Waals surface area contributed by atoms with E-state index < -0.39 is 24.5 Å². The highest BCUT2D eigenvalue weighted by atomic mass is 19.4. The second kappa shape index (κ2) is 6.47. The lowest BCUT2D eigenvalue weighted by Crippen LogP contribution is -2.20. The summed E-state index contributed by atoms with van der Waals surface area (Å²) in [5.74, 6) is -0.511. The minimum atomic E-state index is -4.33. The summed E-state index contributed by atoms with van der Waals surface area (Å²) in [5.41, 5.74) is 1.05. The van der Waals surface area contributed by atoms with Crippen molar-refractivity contribution < 1.29 is 17.6 Å². The first-order chi connectivity index (χ1) is 11.4. The molecule has 2 aromatic carbocycles. The molecule has 0 spiro atoms. The van der Waals surface area contributed by atoms with Crippen molar-refractivity contribution in [2.45, 2.75) is 18.6 Å². The summed E-state index contributed by atoms with van der Waals surface area (Å²) in [4.78, 5) is 3.96. The van der Waals surface area contributed by atoms with Crippen LogP contribution in [0.4, 0.5) is 23.2 Å². The number of rotatable bonds is 4. The van der Waals surface area contributed by atoms with Crippen LogP contribution in [0.2, 0.25) is 0 Å². The Hall–Kier alpha value is -2.63. The quantitative estimate of drug-likeness (QED) is 0.639. The topological polar surface area (TPSA) is 24.9 Å². The van der Waals surface area contributed by atoms with Crippen LogP contribution in [-0.4, -0.2) is 11.2 Å². The van der Waals surface area contributed by atoms with Crippen molar-refractivity contribution in [1.29, 1.82) is 0 Å². The first-order valence-corrected chi connectivity index (χ1v) is 7.35. The van der Waals surface area contributed by atoms with Crippen LogP contribution in [0.15, 0.2) is 60.8 Å². The Bertz CT molecular complexity index is 831. The van der Waals surface area contributed by atoms with Crippen LogP contribution in [-0.2, 0) is 0 Å². The molecule has 124 valence electrons. The molecule has 24 heavy (non-hydrogen) atoms. The summed E-state index contributed by atoms with van der Waals surface area (Å²) in [5, 5.41) is 3.34. The van der Waals surface area contributed by atoms with Crippen LogP contribution in [0.3, 0.4) is 0 Å². The van der Waals surface area contributed by atoms with E-state index in [2.05, 4.69) is 10.3 Å². The van der Waals surface area contributed by atoms with Gasteiger partial charge in [-0.15, -0.1) is 0 Å². The summed E-state index contributed by atoms with van der Waals surface area (Å²) < 4.78 is 52.7. The highest BCUT2D eigenvalue weighted by Gasteiger charge is 2.32.